The molecule has 0 aromatic heterocycles. The molecule has 0 radical (unpaired) electrons. The molecule has 180 valence electrons. The fourth-order valence-electron chi connectivity index (χ4n) is 3.67. The number of ketones is 1. The second-order valence-electron chi connectivity index (χ2n) is 8.59. The Morgan fingerprint density at radius 1 is 1.06 bits per heavy atom. The van der Waals surface area contributed by atoms with Crippen LogP contribution in [0.5, 0.6) is 0 Å². The van der Waals surface area contributed by atoms with Crippen LogP contribution in [0, 0.1) is 11.8 Å². The van der Waals surface area contributed by atoms with Crippen molar-refractivity contribution in [3.05, 3.63) is 70.8 Å². The number of carbonyl (C=O) groups is 2. The number of benzene rings is 2. The molecule has 0 saturated carbocycles. The van der Waals surface area contributed by atoms with Crippen LogP contribution in [-0.2, 0) is 11.3 Å². The van der Waals surface area contributed by atoms with Gasteiger partial charge in [-0.2, -0.15) is 0 Å². The summed E-state index contributed by atoms with van der Waals surface area (Å²) in [6, 6.07) is 12.7. The number of amides is 1. The number of Topliss-reactive ketones (excluding diaryl/α,β-unsaturated/α-hetero) is 1. The lowest BCUT2D eigenvalue weighted by Crippen LogP contribution is -2.52. The van der Waals surface area contributed by atoms with Gasteiger partial charge in [0.05, 0.1) is 0 Å². The van der Waals surface area contributed by atoms with E-state index in [4.69, 9.17) is 10.8 Å². The van der Waals surface area contributed by atoms with Crippen LogP contribution in [0.2, 0.25) is 0 Å². The number of aliphatic hydroxyl groups is 1. The molecule has 4 N–H and O–H groups in total. The lowest BCUT2D eigenvalue weighted by atomic mass is 10.0. The summed E-state index contributed by atoms with van der Waals surface area (Å²) in [5, 5.41) is 11.6. The van der Waals surface area contributed by atoms with Gasteiger partial charge in [0.25, 0.3) is 11.8 Å². The van der Waals surface area contributed by atoms with Crippen molar-refractivity contribution >= 4 is 11.7 Å². The summed E-state index contributed by atoms with van der Waals surface area (Å²) in [5.74, 6) is 2.56. The Labute approximate surface area is 198 Å². The fourth-order valence-corrected chi connectivity index (χ4v) is 3.67. The van der Waals surface area contributed by atoms with Gasteiger partial charge in [-0.05, 0) is 48.9 Å². The molecule has 0 spiro atoms. The zero-order valence-electron chi connectivity index (χ0n) is 19.1. The Hall–Kier alpha value is -3.12. The molecule has 1 saturated heterocycles. The van der Waals surface area contributed by atoms with Crippen LogP contribution < -0.4 is 11.1 Å². The minimum atomic E-state index is -2.54. The summed E-state index contributed by atoms with van der Waals surface area (Å²) in [7, 11) is 0. The predicted octanol–water partition coefficient (Wildman–Crippen LogP) is 2.32. The number of hydrogen-bond acceptors (Lipinski definition) is 5. The average molecular weight is 470 g/mol. The molecule has 1 fully saturated rings. The maximum atomic E-state index is 13.3. The van der Waals surface area contributed by atoms with E-state index < -0.39 is 36.3 Å². The molecule has 0 unspecified atom stereocenters. The van der Waals surface area contributed by atoms with Crippen LogP contribution in [0.1, 0.15) is 46.8 Å². The van der Waals surface area contributed by atoms with Gasteiger partial charge in [-0.1, -0.05) is 24.0 Å². The maximum Gasteiger partial charge on any atom is 0.251 e. The van der Waals surface area contributed by atoms with E-state index >= 15 is 0 Å². The van der Waals surface area contributed by atoms with E-state index in [1.807, 2.05) is 29.2 Å². The molecule has 1 amide bonds. The molecule has 1 heterocycles. The standard InChI is InChI=1S/C26H29F2N3O3/c1-18(29)24(23(33)17-32)30-25(34)22-10-8-20(9-11-22)3-2-19-4-6-21(7-5-19)16-31-14-12-26(27,28)13-15-31/h4-11,18,24,32H,12-17,29H2,1H3,(H,30,34)/t18-,24+/m1/s1. The highest BCUT2D eigenvalue weighted by atomic mass is 19.3. The molecule has 2 aromatic carbocycles. The van der Waals surface area contributed by atoms with Gasteiger partial charge in [0.15, 0.2) is 5.78 Å². The van der Waals surface area contributed by atoms with E-state index in [-0.39, 0.29) is 12.8 Å². The van der Waals surface area contributed by atoms with Crippen LogP contribution in [0.25, 0.3) is 0 Å². The van der Waals surface area contributed by atoms with E-state index in [0.29, 0.717) is 30.8 Å². The number of piperidine rings is 1. The topological polar surface area (TPSA) is 95.7 Å². The normalized spacial score (nSPS) is 17.2. The van der Waals surface area contributed by atoms with Gasteiger partial charge in [-0.15, -0.1) is 0 Å². The molecule has 0 aliphatic carbocycles. The molecule has 3 rings (SSSR count). The highest BCUT2D eigenvalue weighted by Gasteiger charge is 2.33. The number of nitrogens with two attached hydrogens (primary N) is 1. The van der Waals surface area contributed by atoms with Gasteiger partial charge in [-0.25, -0.2) is 8.78 Å². The number of rotatable bonds is 7. The quantitative estimate of drug-likeness (QED) is 0.541. The van der Waals surface area contributed by atoms with Gasteiger partial charge in [0.1, 0.15) is 12.6 Å². The molecule has 34 heavy (non-hydrogen) atoms. The van der Waals surface area contributed by atoms with Gasteiger partial charge in [-0.3, -0.25) is 14.5 Å². The number of alkyl halides is 2. The second kappa shape index (κ2) is 11.3. The summed E-state index contributed by atoms with van der Waals surface area (Å²) in [6.07, 6.45) is -0.185. The van der Waals surface area contributed by atoms with Crippen LogP contribution in [-0.4, -0.2) is 59.4 Å². The van der Waals surface area contributed by atoms with Gasteiger partial charge in [0, 0.05) is 55.2 Å². The summed E-state index contributed by atoms with van der Waals surface area (Å²) in [6.45, 7) is 2.32. The average Bonchev–Trinajstić information content (AvgIpc) is 2.83. The van der Waals surface area contributed by atoms with Crippen molar-refractivity contribution < 1.29 is 23.5 Å². The van der Waals surface area contributed by atoms with Gasteiger partial charge < -0.3 is 16.2 Å². The molecule has 2 atom stereocenters. The minimum Gasteiger partial charge on any atom is -0.388 e. The number of nitrogens with one attached hydrogen (secondary N) is 1. The molecular formula is C26H29F2N3O3. The Morgan fingerprint density at radius 2 is 1.59 bits per heavy atom. The van der Waals surface area contributed by atoms with Crippen molar-refractivity contribution in [2.24, 2.45) is 5.73 Å². The SMILES string of the molecule is C[C@@H](N)[C@H](NC(=O)c1ccc(C#Cc2ccc(CN3CCC(F)(F)CC3)cc2)cc1)C(=O)CO. The molecule has 8 heteroatoms. The number of halogens is 2. The Bertz CT molecular complexity index is 1050. The Morgan fingerprint density at radius 3 is 2.09 bits per heavy atom. The highest BCUT2D eigenvalue weighted by molar-refractivity contribution is 5.98. The monoisotopic (exact) mass is 469 g/mol. The van der Waals surface area contributed by atoms with Crippen molar-refractivity contribution in [2.45, 2.75) is 44.3 Å². The molecule has 0 bridgehead atoms. The van der Waals surface area contributed by atoms with Gasteiger partial charge >= 0.3 is 0 Å². The number of hydrogen-bond donors (Lipinski definition) is 3. The van der Waals surface area contributed by atoms with Crippen LogP contribution in [0.15, 0.2) is 48.5 Å². The molecule has 2 aromatic rings. The third kappa shape index (κ3) is 7.19. The first-order chi connectivity index (χ1) is 16.2. The summed E-state index contributed by atoms with van der Waals surface area (Å²) in [5.41, 5.74) is 8.66. The fraction of sp³-hybridized carbons (Fsp3) is 0.385. The van der Waals surface area contributed by atoms with Gasteiger partial charge in [0.2, 0.25) is 0 Å². The molecular weight excluding hydrogens is 440 g/mol. The van der Waals surface area contributed by atoms with Crippen molar-refractivity contribution in [3.63, 3.8) is 0 Å². The first kappa shape index (κ1) is 25.5. The van der Waals surface area contributed by atoms with E-state index in [1.54, 1.807) is 31.2 Å². The van der Waals surface area contributed by atoms with Crippen molar-refractivity contribution in [2.75, 3.05) is 19.7 Å². The molecule has 1 aliphatic rings. The van der Waals surface area contributed by atoms with E-state index in [9.17, 15) is 18.4 Å². The number of carbonyl (C=O) groups excluding carboxylic acids is 2. The second-order valence-corrected chi connectivity index (χ2v) is 8.59. The largest absolute Gasteiger partial charge is 0.388 e. The Balaban J connectivity index is 1.57. The Kier molecular flexibility index (Phi) is 8.51. The summed E-state index contributed by atoms with van der Waals surface area (Å²) in [4.78, 5) is 26.2. The number of nitrogens with zero attached hydrogens (tertiary/aromatic N) is 1. The van der Waals surface area contributed by atoms with E-state index in [1.165, 1.54) is 0 Å². The van der Waals surface area contributed by atoms with E-state index in [2.05, 4.69) is 17.2 Å². The highest BCUT2D eigenvalue weighted by Crippen LogP contribution is 2.28. The first-order valence-corrected chi connectivity index (χ1v) is 11.2. The minimum absolute atomic E-state index is 0.0927. The predicted molar refractivity (Wildman–Crippen MR) is 125 cm³/mol. The first-order valence-electron chi connectivity index (χ1n) is 11.2. The molecule has 1 aliphatic heterocycles. The van der Waals surface area contributed by atoms with Crippen LogP contribution in [0.4, 0.5) is 8.78 Å². The molecule has 6 nitrogen and oxygen atoms in total. The number of aliphatic hydroxyl groups excluding tert-OH is 1. The van der Waals surface area contributed by atoms with Crippen molar-refractivity contribution in [1.29, 1.82) is 0 Å². The smallest absolute Gasteiger partial charge is 0.251 e. The van der Waals surface area contributed by atoms with Crippen molar-refractivity contribution in [1.82, 2.24) is 10.2 Å². The maximum absolute atomic E-state index is 13.3. The third-order valence-electron chi connectivity index (χ3n) is 5.76. The lowest BCUT2D eigenvalue weighted by molar-refractivity contribution is -0.123. The summed E-state index contributed by atoms with van der Waals surface area (Å²) < 4.78 is 26.6. The van der Waals surface area contributed by atoms with Crippen LogP contribution in [0.3, 0.4) is 0 Å². The van der Waals surface area contributed by atoms with Crippen molar-refractivity contribution in [3.8, 4) is 11.8 Å². The van der Waals surface area contributed by atoms with E-state index in [0.717, 1.165) is 11.1 Å². The summed E-state index contributed by atoms with van der Waals surface area (Å²) >= 11 is 0. The zero-order chi connectivity index (χ0) is 24.7. The lowest BCUT2D eigenvalue weighted by Gasteiger charge is -2.31. The number of likely N-dealkylation sites (tertiary alicyclic amines) is 1. The van der Waals surface area contributed by atoms with Crippen LogP contribution >= 0.6 is 0 Å². The zero-order valence-corrected chi connectivity index (χ0v) is 19.1. The third-order valence-corrected chi connectivity index (χ3v) is 5.76.